The zero-order valence-electron chi connectivity index (χ0n) is 15.0. The van der Waals surface area contributed by atoms with Gasteiger partial charge >= 0.3 is 0 Å². The Bertz CT molecular complexity index is 785. The highest BCUT2D eigenvalue weighted by atomic mass is 19.1. The zero-order chi connectivity index (χ0) is 18.5. The van der Waals surface area contributed by atoms with Crippen LogP contribution in [0.1, 0.15) is 11.4 Å². The van der Waals surface area contributed by atoms with Crippen LogP contribution < -0.4 is 10.2 Å². The first-order chi connectivity index (χ1) is 12.6. The molecule has 1 aromatic carbocycles. The Morgan fingerprint density at radius 2 is 1.92 bits per heavy atom. The van der Waals surface area contributed by atoms with Crippen LogP contribution in [0.5, 0.6) is 0 Å². The molecule has 0 spiro atoms. The number of aliphatic imine (C=N–C) groups is 1. The lowest BCUT2D eigenvalue weighted by Crippen LogP contribution is -2.52. The highest BCUT2D eigenvalue weighted by Crippen LogP contribution is 2.21. The van der Waals surface area contributed by atoms with Crippen LogP contribution >= 0.6 is 0 Å². The molecule has 7 heteroatoms. The van der Waals surface area contributed by atoms with Gasteiger partial charge in [-0.25, -0.2) is 8.78 Å². The second-order valence-electron chi connectivity index (χ2n) is 6.24. The SMILES string of the molecule is CN=C(NCc1cccc(C)n1)N1CCN(c2cc(F)ccc2F)CC1. The Morgan fingerprint density at radius 3 is 2.62 bits per heavy atom. The molecule has 1 N–H and O–H groups in total. The maximum atomic E-state index is 14.0. The van der Waals surface area contributed by atoms with Crippen molar-refractivity contribution in [3.05, 3.63) is 59.4 Å². The van der Waals surface area contributed by atoms with Crippen molar-refractivity contribution in [2.45, 2.75) is 13.5 Å². The monoisotopic (exact) mass is 359 g/mol. The number of hydrogen-bond donors (Lipinski definition) is 1. The fourth-order valence-corrected chi connectivity index (χ4v) is 3.09. The predicted octanol–water partition coefficient (Wildman–Crippen LogP) is 2.57. The normalized spacial score (nSPS) is 15.3. The van der Waals surface area contributed by atoms with Gasteiger partial charge in [-0.3, -0.25) is 9.98 Å². The molecule has 0 bridgehead atoms. The van der Waals surface area contributed by atoms with Crippen LogP contribution in [0.3, 0.4) is 0 Å². The summed E-state index contributed by atoms with van der Waals surface area (Å²) in [5.41, 5.74) is 2.24. The van der Waals surface area contributed by atoms with Gasteiger partial charge in [-0.2, -0.15) is 0 Å². The van der Waals surface area contributed by atoms with Gasteiger partial charge in [-0.15, -0.1) is 0 Å². The Kier molecular flexibility index (Phi) is 5.65. The smallest absolute Gasteiger partial charge is 0.194 e. The average molecular weight is 359 g/mol. The van der Waals surface area contributed by atoms with E-state index in [2.05, 4.69) is 20.2 Å². The van der Waals surface area contributed by atoms with Gasteiger partial charge in [0.2, 0.25) is 0 Å². The molecule has 3 rings (SSSR count). The molecule has 0 atom stereocenters. The highest BCUT2D eigenvalue weighted by Gasteiger charge is 2.22. The molecule has 2 aromatic rings. The molecule has 138 valence electrons. The summed E-state index contributed by atoms with van der Waals surface area (Å²) in [5, 5.41) is 3.32. The van der Waals surface area contributed by atoms with E-state index < -0.39 is 11.6 Å². The van der Waals surface area contributed by atoms with Crippen molar-refractivity contribution in [3.63, 3.8) is 0 Å². The molecule has 1 aromatic heterocycles. The lowest BCUT2D eigenvalue weighted by molar-refractivity contribution is 0.370. The van der Waals surface area contributed by atoms with E-state index in [0.29, 0.717) is 38.4 Å². The van der Waals surface area contributed by atoms with Crippen molar-refractivity contribution in [1.82, 2.24) is 15.2 Å². The number of hydrogen-bond acceptors (Lipinski definition) is 3. The fourth-order valence-electron chi connectivity index (χ4n) is 3.09. The number of nitrogens with one attached hydrogen (secondary N) is 1. The number of halogens is 2. The maximum Gasteiger partial charge on any atom is 0.194 e. The number of aromatic nitrogens is 1. The minimum Gasteiger partial charge on any atom is -0.366 e. The first kappa shape index (κ1) is 18.1. The van der Waals surface area contributed by atoms with Crippen LogP contribution in [0.15, 0.2) is 41.4 Å². The Hall–Kier alpha value is -2.70. The second kappa shape index (κ2) is 8.12. The van der Waals surface area contributed by atoms with Gasteiger partial charge in [0.1, 0.15) is 11.6 Å². The minimum absolute atomic E-state index is 0.316. The van der Waals surface area contributed by atoms with E-state index in [1.807, 2.05) is 30.0 Å². The van der Waals surface area contributed by atoms with Gasteiger partial charge in [0.05, 0.1) is 17.9 Å². The zero-order valence-corrected chi connectivity index (χ0v) is 15.0. The topological polar surface area (TPSA) is 43.8 Å². The van der Waals surface area contributed by atoms with Gasteiger partial charge in [-0.05, 0) is 31.2 Å². The van der Waals surface area contributed by atoms with Crippen LogP contribution in [-0.2, 0) is 6.54 Å². The fraction of sp³-hybridized carbons (Fsp3) is 0.368. The molecule has 0 saturated carbocycles. The quantitative estimate of drug-likeness (QED) is 0.676. The van der Waals surface area contributed by atoms with Crippen LogP contribution in [0.2, 0.25) is 0 Å². The van der Waals surface area contributed by atoms with Gasteiger partial charge in [-0.1, -0.05) is 6.07 Å². The van der Waals surface area contributed by atoms with Crippen molar-refractivity contribution < 1.29 is 8.78 Å². The number of benzene rings is 1. The number of anilines is 1. The molecule has 0 amide bonds. The van der Waals surface area contributed by atoms with E-state index in [0.717, 1.165) is 23.4 Å². The van der Waals surface area contributed by atoms with E-state index in [-0.39, 0.29) is 0 Å². The molecule has 2 heterocycles. The first-order valence-corrected chi connectivity index (χ1v) is 8.65. The summed E-state index contributed by atoms with van der Waals surface area (Å²) in [6, 6.07) is 9.48. The summed E-state index contributed by atoms with van der Waals surface area (Å²) in [6.45, 7) is 5.11. The number of pyridine rings is 1. The van der Waals surface area contributed by atoms with Gasteiger partial charge in [0.25, 0.3) is 0 Å². The molecule has 0 unspecified atom stereocenters. The van der Waals surface area contributed by atoms with E-state index in [4.69, 9.17) is 0 Å². The summed E-state index contributed by atoms with van der Waals surface area (Å²) in [7, 11) is 1.74. The lowest BCUT2D eigenvalue weighted by atomic mass is 10.2. The van der Waals surface area contributed by atoms with Crippen LogP contribution in [0, 0.1) is 18.6 Å². The number of rotatable bonds is 3. The summed E-state index contributed by atoms with van der Waals surface area (Å²) in [5.74, 6) is -0.0347. The minimum atomic E-state index is -0.424. The van der Waals surface area contributed by atoms with Crippen LogP contribution in [-0.4, -0.2) is 49.1 Å². The lowest BCUT2D eigenvalue weighted by Gasteiger charge is -2.37. The summed E-state index contributed by atoms with van der Waals surface area (Å²) in [6.07, 6.45) is 0. The number of piperazine rings is 1. The number of nitrogens with zero attached hydrogens (tertiary/aromatic N) is 4. The number of guanidine groups is 1. The molecule has 5 nitrogen and oxygen atoms in total. The molecule has 0 radical (unpaired) electrons. The molecule has 1 aliphatic heterocycles. The molecular formula is C19H23F2N5. The van der Waals surface area contributed by atoms with E-state index >= 15 is 0 Å². The molecule has 1 saturated heterocycles. The largest absolute Gasteiger partial charge is 0.366 e. The van der Waals surface area contributed by atoms with Gasteiger partial charge < -0.3 is 15.1 Å². The average Bonchev–Trinajstić information content (AvgIpc) is 2.65. The van der Waals surface area contributed by atoms with E-state index in [9.17, 15) is 8.78 Å². The first-order valence-electron chi connectivity index (χ1n) is 8.65. The van der Waals surface area contributed by atoms with E-state index in [1.165, 1.54) is 12.1 Å². The third kappa shape index (κ3) is 4.28. The van der Waals surface area contributed by atoms with Crippen LogP contribution in [0.4, 0.5) is 14.5 Å². The third-order valence-corrected chi connectivity index (χ3v) is 4.41. The molecule has 1 fully saturated rings. The van der Waals surface area contributed by atoms with Crippen LogP contribution in [0.25, 0.3) is 0 Å². The summed E-state index contributed by atoms with van der Waals surface area (Å²) < 4.78 is 27.4. The molecular weight excluding hydrogens is 336 g/mol. The standard InChI is InChI=1S/C19H23F2N5/c1-14-4-3-5-16(24-14)13-23-19(22-2)26-10-8-25(9-11-26)18-12-15(20)6-7-17(18)21/h3-7,12H,8-11,13H2,1-2H3,(H,22,23). The maximum absolute atomic E-state index is 14.0. The van der Waals surface area contributed by atoms with Crippen molar-refractivity contribution in [1.29, 1.82) is 0 Å². The number of aryl methyl sites for hydroxylation is 1. The van der Waals surface area contributed by atoms with Gasteiger partial charge in [0, 0.05) is 45.0 Å². The Labute approximate surface area is 152 Å². The Balaban J connectivity index is 1.58. The molecule has 0 aliphatic carbocycles. The molecule has 26 heavy (non-hydrogen) atoms. The van der Waals surface area contributed by atoms with Crippen molar-refractivity contribution in [2.24, 2.45) is 4.99 Å². The predicted molar refractivity (Wildman–Crippen MR) is 99.3 cm³/mol. The molecule has 1 aliphatic rings. The van der Waals surface area contributed by atoms with E-state index in [1.54, 1.807) is 7.05 Å². The summed E-state index contributed by atoms with van der Waals surface area (Å²) >= 11 is 0. The Morgan fingerprint density at radius 1 is 1.15 bits per heavy atom. The van der Waals surface area contributed by atoms with Crippen molar-refractivity contribution in [3.8, 4) is 0 Å². The van der Waals surface area contributed by atoms with Crippen molar-refractivity contribution >= 4 is 11.6 Å². The summed E-state index contributed by atoms with van der Waals surface area (Å²) in [4.78, 5) is 12.8. The van der Waals surface area contributed by atoms with Gasteiger partial charge in [0.15, 0.2) is 5.96 Å². The third-order valence-electron chi connectivity index (χ3n) is 4.41. The van der Waals surface area contributed by atoms with Crippen molar-refractivity contribution in [2.75, 3.05) is 38.1 Å². The highest BCUT2D eigenvalue weighted by molar-refractivity contribution is 5.80. The second-order valence-corrected chi connectivity index (χ2v) is 6.24.